The van der Waals surface area contributed by atoms with Crippen LogP contribution in [0.4, 0.5) is 0 Å². The van der Waals surface area contributed by atoms with Crippen LogP contribution in [0.3, 0.4) is 0 Å². The lowest BCUT2D eigenvalue weighted by atomic mass is 10.1. The summed E-state index contributed by atoms with van der Waals surface area (Å²) in [5, 5.41) is 0.375. The fourth-order valence-electron chi connectivity index (χ4n) is 2.31. The third-order valence-electron chi connectivity index (χ3n) is 3.88. The molecule has 0 radical (unpaired) electrons. The lowest BCUT2D eigenvalue weighted by Gasteiger charge is -2.11. The molecule has 0 atom stereocenters. The SMILES string of the molecule is Cc1cc2oc(-c3ccco3)c(OC(=O)C(C)C)c(=O)c2cc1C. The lowest BCUT2D eigenvalue weighted by Crippen LogP contribution is -2.20. The van der Waals surface area contributed by atoms with Crippen molar-refractivity contribution in [3.05, 3.63) is 51.9 Å². The number of furan rings is 1. The van der Waals surface area contributed by atoms with Gasteiger partial charge in [0.1, 0.15) is 5.58 Å². The van der Waals surface area contributed by atoms with Gasteiger partial charge in [0.15, 0.2) is 5.76 Å². The minimum Gasteiger partial charge on any atom is -0.461 e. The number of hydrogen-bond donors (Lipinski definition) is 0. The van der Waals surface area contributed by atoms with Gasteiger partial charge in [0.25, 0.3) is 0 Å². The molecule has 3 rings (SSSR count). The Morgan fingerprint density at radius 1 is 1.17 bits per heavy atom. The van der Waals surface area contributed by atoms with Crippen LogP contribution in [0.2, 0.25) is 0 Å². The van der Waals surface area contributed by atoms with Crippen LogP contribution in [-0.2, 0) is 4.79 Å². The van der Waals surface area contributed by atoms with Gasteiger partial charge in [0.05, 0.1) is 17.6 Å². The van der Waals surface area contributed by atoms with Gasteiger partial charge < -0.3 is 13.6 Å². The zero-order valence-electron chi connectivity index (χ0n) is 14.0. The molecule has 5 heteroatoms. The summed E-state index contributed by atoms with van der Waals surface area (Å²) in [6, 6.07) is 6.87. The van der Waals surface area contributed by atoms with Crippen molar-refractivity contribution in [3.63, 3.8) is 0 Å². The van der Waals surface area contributed by atoms with E-state index in [1.165, 1.54) is 6.26 Å². The van der Waals surface area contributed by atoms with E-state index in [0.29, 0.717) is 16.7 Å². The fourth-order valence-corrected chi connectivity index (χ4v) is 2.31. The fraction of sp³-hybridized carbons (Fsp3) is 0.263. The molecular weight excluding hydrogens is 308 g/mol. The van der Waals surface area contributed by atoms with E-state index in [4.69, 9.17) is 13.6 Å². The highest BCUT2D eigenvalue weighted by Gasteiger charge is 2.23. The number of carbonyl (C=O) groups excluding carboxylic acids is 1. The summed E-state index contributed by atoms with van der Waals surface area (Å²) in [6.07, 6.45) is 1.47. The van der Waals surface area contributed by atoms with Crippen LogP contribution >= 0.6 is 0 Å². The number of esters is 1. The Kier molecular flexibility index (Phi) is 4.01. The largest absolute Gasteiger partial charge is 0.461 e. The molecule has 0 amide bonds. The molecule has 0 aliphatic rings. The molecular formula is C19H18O5. The number of hydrogen-bond acceptors (Lipinski definition) is 5. The first-order chi connectivity index (χ1) is 11.4. The standard InChI is InChI=1S/C19H18O5/c1-10(2)19(21)24-18-16(20)13-8-11(3)12(4)9-15(13)23-17(18)14-6-5-7-22-14/h5-10H,1-4H3. The lowest BCUT2D eigenvalue weighted by molar-refractivity contribution is -0.137. The van der Waals surface area contributed by atoms with Crippen LogP contribution in [0.25, 0.3) is 22.5 Å². The van der Waals surface area contributed by atoms with Gasteiger partial charge in [-0.3, -0.25) is 9.59 Å². The summed E-state index contributed by atoms with van der Waals surface area (Å²) in [5.74, 6) is -0.560. The van der Waals surface area contributed by atoms with Crippen LogP contribution in [0, 0.1) is 19.8 Å². The van der Waals surface area contributed by atoms with Crippen molar-refractivity contribution < 1.29 is 18.4 Å². The average molecular weight is 326 g/mol. The van der Waals surface area contributed by atoms with Gasteiger partial charge in [0.2, 0.25) is 16.9 Å². The molecule has 0 saturated heterocycles. The molecule has 0 aliphatic heterocycles. The molecule has 2 heterocycles. The van der Waals surface area contributed by atoms with E-state index < -0.39 is 5.97 Å². The van der Waals surface area contributed by atoms with E-state index in [1.807, 2.05) is 13.8 Å². The number of fused-ring (bicyclic) bond motifs is 1. The summed E-state index contributed by atoms with van der Waals surface area (Å²) in [4.78, 5) is 24.9. The first-order valence-electron chi connectivity index (χ1n) is 7.72. The average Bonchev–Trinajstić information content (AvgIpc) is 3.06. The normalized spacial score (nSPS) is 11.2. The van der Waals surface area contributed by atoms with Crippen LogP contribution in [0.15, 0.2) is 44.2 Å². The van der Waals surface area contributed by atoms with E-state index in [9.17, 15) is 9.59 Å². The molecule has 1 aromatic carbocycles. The predicted octanol–water partition coefficient (Wildman–Crippen LogP) is 4.23. The van der Waals surface area contributed by atoms with E-state index in [0.717, 1.165) is 11.1 Å². The Bertz CT molecular complexity index is 962. The summed E-state index contributed by atoms with van der Waals surface area (Å²) < 4.78 is 16.5. The first-order valence-corrected chi connectivity index (χ1v) is 7.72. The Labute approximate surface area is 138 Å². The number of rotatable bonds is 3. The van der Waals surface area contributed by atoms with Gasteiger partial charge in [-0.1, -0.05) is 13.8 Å². The number of aryl methyl sites for hydroxylation is 2. The Morgan fingerprint density at radius 3 is 2.50 bits per heavy atom. The summed E-state index contributed by atoms with van der Waals surface area (Å²) in [5.41, 5.74) is 2.00. The van der Waals surface area contributed by atoms with Crippen molar-refractivity contribution in [1.29, 1.82) is 0 Å². The molecule has 0 N–H and O–H groups in total. The number of ether oxygens (including phenoxy) is 1. The van der Waals surface area contributed by atoms with Crippen molar-refractivity contribution in [2.24, 2.45) is 5.92 Å². The minimum absolute atomic E-state index is 0.120. The maximum absolute atomic E-state index is 12.9. The second kappa shape index (κ2) is 6.00. The maximum Gasteiger partial charge on any atom is 0.314 e. The van der Waals surface area contributed by atoms with Crippen LogP contribution < -0.4 is 10.2 Å². The van der Waals surface area contributed by atoms with Gasteiger partial charge in [-0.15, -0.1) is 0 Å². The van der Waals surface area contributed by atoms with Gasteiger partial charge in [0, 0.05) is 0 Å². The van der Waals surface area contributed by atoms with Gasteiger partial charge in [-0.2, -0.15) is 0 Å². The number of carbonyl (C=O) groups is 1. The van der Waals surface area contributed by atoms with E-state index in [1.54, 1.807) is 38.1 Å². The van der Waals surface area contributed by atoms with Gasteiger partial charge in [-0.25, -0.2) is 0 Å². The van der Waals surface area contributed by atoms with E-state index >= 15 is 0 Å². The third kappa shape index (κ3) is 2.73. The maximum atomic E-state index is 12.9. The van der Waals surface area contributed by atoms with Crippen molar-refractivity contribution >= 4 is 16.9 Å². The van der Waals surface area contributed by atoms with Crippen molar-refractivity contribution in [2.75, 3.05) is 0 Å². The highest BCUT2D eigenvalue weighted by atomic mass is 16.5. The number of benzene rings is 1. The molecule has 2 aromatic heterocycles. The van der Waals surface area contributed by atoms with Crippen molar-refractivity contribution in [1.82, 2.24) is 0 Å². The molecule has 124 valence electrons. The summed E-state index contributed by atoms with van der Waals surface area (Å²) in [7, 11) is 0. The minimum atomic E-state index is -0.502. The predicted molar refractivity (Wildman–Crippen MR) is 90.1 cm³/mol. The molecule has 5 nitrogen and oxygen atoms in total. The van der Waals surface area contributed by atoms with Crippen LogP contribution in [0.1, 0.15) is 25.0 Å². The van der Waals surface area contributed by atoms with Crippen molar-refractivity contribution in [2.45, 2.75) is 27.7 Å². The molecule has 24 heavy (non-hydrogen) atoms. The molecule has 3 aromatic rings. The smallest absolute Gasteiger partial charge is 0.314 e. The van der Waals surface area contributed by atoms with Gasteiger partial charge >= 0.3 is 5.97 Å². The second-order valence-corrected chi connectivity index (χ2v) is 6.08. The third-order valence-corrected chi connectivity index (χ3v) is 3.88. The highest BCUT2D eigenvalue weighted by molar-refractivity contribution is 5.84. The first kappa shape index (κ1) is 16.1. The Morgan fingerprint density at radius 2 is 1.88 bits per heavy atom. The summed E-state index contributed by atoms with van der Waals surface area (Å²) >= 11 is 0. The zero-order valence-corrected chi connectivity index (χ0v) is 14.0. The monoisotopic (exact) mass is 326 g/mol. The molecule has 0 spiro atoms. The Hall–Kier alpha value is -2.82. The molecule has 0 unspecified atom stereocenters. The molecule has 0 bridgehead atoms. The molecule has 0 aliphatic carbocycles. The van der Waals surface area contributed by atoms with Gasteiger partial charge in [-0.05, 0) is 49.2 Å². The van der Waals surface area contributed by atoms with Crippen LogP contribution in [-0.4, -0.2) is 5.97 Å². The topological polar surface area (TPSA) is 69.7 Å². The molecule has 0 saturated carbocycles. The zero-order chi connectivity index (χ0) is 17.4. The second-order valence-electron chi connectivity index (χ2n) is 6.08. The quantitative estimate of drug-likeness (QED) is 0.674. The Balaban J connectivity index is 2.31. The highest BCUT2D eigenvalue weighted by Crippen LogP contribution is 2.32. The van der Waals surface area contributed by atoms with Crippen molar-refractivity contribution in [3.8, 4) is 17.3 Å². The van der Waals surface area contributed by atoms with E-state index in [-0.39, 0.29) is 22.9 Å². The van der Waals surface area contributed by atoms with Crippen LogP contribution in [0.5, 0.6) is 5.75 Å². The molecule has 0 fully saturated rings. The van der Waals surface area contributed by atoms with E-state index in [2.05, 4.69) is 0 Å². The summed E-state index contributed by atoms with van der Waals surface area (Å²) in [6.45, 7) is 7.25.